The van der Waals surface area contributed by atoms with E-state index in [2.05, 4.69) is 9.97 Å². The second kappa shape index (κ2) is 5.19. The Balaban J connectivity index is 1.69. The molecular weight excluding hydrogens is 323 g/mol. The number of alkyl halides is 3. The smallest absolute Gasteiger partial charge is 0.416 e. The van der Waals surface area contributed by atoms with Gasteiger partial charge >= 0.3 is 6.18 Å². The lowest BCUT2D eigenvalue weighted by Gasteiger charge is -2.04. The Morgan fingerprint density at radius 2 is 2.08 bits per heavy atom. The molecule has 0 aliphatic heterocycles. The highest BCUT2D eigenvalue weighted by Crippen LogP contribution is 2.31. The van der Waals surface area contributed by atoms with Gasteiger partial charge in [0.2, 0.25) is 5.89 Å². The van der Waals surface area contributed by atoms with Gasteiger partial charge in [-0.05, 0) is 37.5 Å². The third-order valence-electron chi connectivity index (χ3n) is 4.13. The molecule has 0 radical (unpaired) electrons. The Kier molecular flexibility index (Phi) is 3.22. The highest BCUT2D eigenvalue weighted by Gasteiger charge is 2.31. The summed E-state index contributed by atoms with van der Waals surface area (Å²) in [5.74, 6) is 0.172. The fourth-order valence-electron chi connectivity index (χ4n) is 2.94. The van der Waals surface area contributed by atoms with Gasteiger partial charge in [-0.1, -0.05) is 0 Å². The van der Waals surface area contributed by atoms with Crippen LogP contribution in [0.5, 0.6) is 0 Å². The third kappa shape index (κ3) is 2.47. The van der Waals surface area contributed by atoms with Crippen molar-refractivity contribution in [2.75, 3.05) is 0 Å². The van der Waals surface area contributed by atoms with E-state index in [0.717, 1.165) is 30.7 Å². The van der Waals surface area contributed by atoms with E-state index in [4.69, 9.17) is 4.42 Å². The Bertz CT molecular complexity index is 988. The average Bonchev–Trinajstić information content (AvgIpc) is 3.14. The molecule has 0 spiro atoms. The van der Waals surface area contributed by atoms with Crippen LogP contribution in [0, 0.1) is 0 Å². The Hall–Kier alpha value is -2.64. The molecule has 0 N–H and O–H groups in total. The summed E-state index contributed by atoms with van der Waals surface area (Å²) in [7, 11) is 0. The average molecular weight is 335 g/mol. The summed E-state index contributed by atoms with van der Waals surface area (Å²) in [5, 5.41) is 0. The van der Waals surface area contributed by atoms with Gasteiger partial charge in [-0.15, -0.1) is 0 Å². The molecule has 0 unspecified atom stereocenters. The summed E-state index contributed by atoms with van der Waals surface area (Å²) in [5.41, 5.74) is 0.959. The van der Waals surface area contributed by atoms with Crippen molar-refractivity contribution < 1.29 is 17.6 Å². The number of aryl methyl sites for hydroxylation is 1. The number of hydrogen-bond acceptors (Lipinski definition) is 4. The molecule has 0 amide bonds. The van der Waals surface area contributed by atoms with Crippen LogP contribution in [0.15, 0.2) is 33.7 Å². The lowest BCUT2D eigenvalue weighted by molar-refractivity contribution is -0.137. The molecule has 0 saturated heterocycles. The van der Waals surface area contributed by atoms with Gasteiger partial charge in [-0.3, -0.25) is 9.36 Å². The monoisotopic (exact) mass is 335 g/mol. The van der Waals surface area contributed by atoms with Crippen LogP contribution >= 0.6 is 0 Å². The highest BCUT2D eigenvalue weighted by atomic mass is 19.4. The first-order chi connectivity index (χ1) is 11.4. The standard InChI is InChI=1S/C16H12F3N3O2/c17-16(18,19)9-4-5-13-12(6-9)21-14(24-13)7-22-8-20-11-3-1-2-10(11)15(22)23/h4-6,8H,1-3,7H2. The second-order valence-electron chi connectivity index (χ2n) is 5.74. The van der Waals surface area contributed by atoms with Crippen LogP contribution < -0.4 is 5.56 Å². The molecule has 2 heterocycles. The van der Waals surface area contributed by atoms with Crippen molar-refractivity contribution in [2.24, 2.45) is 0 Å². The summed E-state index contributed by atoms with van der Waals surface area (Å²) < 4.78 is 45.0. The largest absolute Gasteiger partial charge is 0.439 e. The van der Waals surface area contributed by atoms with Crippen molar-refractivity contribution in [2.45, 2.75) is 32.0 Å². The van der Waals surface area contributed by atoms with Crippen molar-refractivity contribution in [3.63, 3.8) is 0 Å². The third-order valence-corrected chi connectivity index (χ3v) is 4.13. The predicted molar refractivity (Wildman–Crippen MR) is 78.6 cm³/mol. The number of fused-ring (bicyclic) bond motifs is 2. The summed E-state index contributed by atoms with van der Waals surface area (Å²) in [6.45, 7) is 0.0368. The van der Waals surface area contributed by atoms with Crippen LogP contribution in [0.3, 0.4) is 0 Å². The van der Waals surface area contributed by atoms with Crippen LogP contribution in [0.4, 0.5) is 13.2 Å². The maximum atomic E-state index is 12.7. The van der Waals surface area contributed by atoms with E-state index >= 15 is 0 Å². The van der Waals surface area contributed by atoms with E-state index in [9.17, 15) is 18.0 Å². The van der Waals surface area contributed by atoms with E-state index in [1.54, 1.807) is 0 Å². The van der Waals surface area contributed by atoms with Crippen LogP contribution in [0.25, 0.3) is 11.1 Å². The van der Waals surface area contributed by atoms with Crippen molar-refractivity contribution in [1.29, 1.82) is 0 Å². The molecule has 4 rings (SSSR count). The van der Waals surface area contributed by atoms with Crippen LogP contribution in [-0.4, -0.2) is 14.5 Å². The Morgan fingerprint density at radius 1 is 1.25 bits per heavy atom. The number of oxazole rings is 1. The maximum absolute atomic E-state index is 12.7. The Morgan fingerprint density at radius 3 is 2.88 bits per heavy atom. The van der Waals surface area contributed by atoms with Gasteiger partial charge in [0.05, 0.1) is 17.6 Å². The van der Waals surface area contributed by atoms with Gasteiger partial charge in [-0.25, -0.2) is 9.97 Å². The molecule has 0 atom stereocenters. The molecule has 0 saturated carbocycles. The molecule has 0 bridgehead atoms. The van der Waals surface area contributed by atoms with E-state index in [1.807, 2.05) is 0 Å². The van der Waals surface area contributed by atoms with Crippen LogP contribution in [-0.2, 0) is 25.6 Å². The minimum atomic E-state index is -4.44. The fourth-order valence-corrected chi connectivity index (χ4v) is 2.94. The summed E-state index contributed by atoms with van der Waals surface area (Å²) in [6.07, 6.45) is -0.597. The minimum Gasteiger partial charge on any atom is -0.439 e. The second-order valence-corrected chi connectivity index (χ2v) is 5.74. The Labute approximate surface area is 133 Å². The maximum Gasteiger partial charge on any atom is 0.416 e. The lowest BCUT2D eigenvalue weighted by Crippen LogP contribution is -2.24. The van der Waals surface area contributed by atoms with E-state index in [1.165, 1.54) is 17.0 Å². The van der Waals surface area contributed by atoms with Crippen molar-refractivity contribution in [3.05, 3.63) is 57.6 Å². The molecule has 1 aliphatic rings. The van der Waals surface area contributed by atoms with Gasteiger partial charge in [-0.2, -0.15) is 13.2 Å². The molecule has 8 heteroatoms. The van der Waals surface area contributed by atoms with Crippen molar-refractivity contribution in [1.82, 2.24) is 14.5 Å². The number of benzene rings is 1. The predicted octanol–water partition coefficient (Wildman–Crippen LogP) is 2.94. The van der Waals surface area contributed by atoms with Gasteiger partial charge in [0.15, 0.2) is 5.58 Å². The van der Waals surface area contributed by atoms with Crippen LogP contribution in [0.2, 0.25) is 0 Å². The molecule has 1 aliphatic carbocycles. The SMILES string of the molecule is O=c1c2c(ncn1Cc1nc3cc(C(F)(F)F)ccc3o1)CCC2. The van der Waals surface area contributed by atoms with Crippen LogP contribution in [0.1, 0.15) is 29.1 Å². The number of rotatable bonds is 2. The topological polar surface area (TPSA) is 60.9 Å². The zero-order valence-corrected chi connectivity index (χ0v) is 12.4. The molecule has 24 heavy (non-hydrogen) atoms. The van der Waals surface area contributed by atoms with Gasteiger partial charge in [0.25, 0.3) is 5.56 Å². The van der Waals surface area contributed by atoms with Gasteiger partial charge in [0, 0.05) is 5.56 Å². The first-order valence-electron chi connectivity index (χ1n) is 7.46. The van der Waals surface area contributed by atoms with E-state index in [0.29, 0.717) is 12.0 Å². The van der Waals surface area contributed by atoms with E-state index < -0.39 is 11.7 Å². The van der Waals surface area contributed by atoms with Gasteiger partial charge in [0.1, 0.15) is 12.1 Å². The first-order valence-corrected chi connectivity index (χ1v) is 7.46. The highest BCUT2D eigenvalue weighted by molar-refractivity contribution is 5.73. The van der Waals surface area contributed by atoms with Gasteiger partial charge < -0.3 is 4.42 Å². The molecule has 1 aromatic carbocycles. The quantitative estimate of drug-likeness (QED) is 0.722. The first kappa shape index (κ1) is 14.9. The fraction of sp³-hybridized carbons (Fsp3) is 0.312. The zero-order valence-electron chi connectivity index (χ0n) is 12.4. The van der Waals surface area contributed by atoms with Crippen molar-refractivity contribution in [3.8, 4) is 0 Å². The summed E-state index contributed by atoms with van der Waals surface area (Å²) in [6, 6.07) is 3.12. The summed E-state index contributed by atoms with van der Waals surface area (Å²) in [4.78, 5) is 20.7. The normalized spacial score (nSPS) is 14.3. The summed E-state index contributed by atoms with van der Waals surface area (Å²) >= 11 is 0. The number of hydrogen-bond donors (Lipinski definition) is 0. The van der Waals surface area contributed by atoms with E-state index in [-0.39, 0.29) is 29.1 Å². The molecule has 5 nitrogen and oxygen atoms in total. The molecule has 2 aromatic heterocycles. The molecule has 0 fully saturated rings. The minimum absolute atomic E-state index is 0.0368. The van der Waals surface area contributed by atoms with Crippen molar-refractivity contribution >= 4 is 11.1 Å². The molecule has 3 aromatic rings. The number of nitrogens with zero attached hydrogens (tertiary/aromatic N) is 3. The number of halogens is 3. The lowest BCUT2D eigenvalue weighted by atomic mass is 10.2. The molecular formula is C16H12F3N3O2. The molecule has 124 valence electrons. The zero-order chi connectivity index (χ0) is 16.9. The number of aromatic nitrogens is 3.